The van der Waals surface area contributed by atoms with Gasteiger partial charge in [0.2, 0.25) is 5.91 Å². The number of phenolic OH excluding ortho intramolecular Hbond substituents is 1. The quantitative estimate of drug-likeness (QED) is 0.402. The first kappa shape index (κ1) is 24.6. The number of nitrogens with one attached hydrogen (secondary N) is 1. The number of rotatable bonds is 6. The van der Waals surface area contributed by atoms with Gasteiger partial charge in [-0.05, 0) is 61.2 Å². The average Bonchev–Trinajstić information content (AvgIpc) is 3.39. The molecule has 196 valence electrons. The van der Waals surface area contributed by atoms with E-state index in [0.717, 1.165) is 86.4 Å². The summed E-state index contributed by atoms with van der Waals surface area (Å²) in [5.74, 6) is 0.879. The topological polar surface area (TPSA) is 75.7 Å². The van der Waals surface area contributed by atoms with Crippen molar-refractivity contribution in [1.82, 2.24) is 24.7 Å². The van der Waals surface area contributed by atoms with Crippen LogP contribution in [0.5, 0.6) is 5.75 Å². The highest BCUT2D eigenvalue weighted by Crippen LogP contribution is 2.40. The number of benzene rings is 2. The van der Waals surface area contributed by atoms with E-state index in [9.17, 15) is 9.90 Å². The van der Waals surface area contributed by atoms with Crippen LogP contribution in [0.25, 0.3) is 22.2 Å². The first-order valence-electron chi connectivity index (χ1n) is 13.7. The zero-order chi connectivity index (χ0) is 25.9. The first-order chi connectivity index (χ1) is 18.6. The number of carbonyl (C=O) groups is 1. The molecule has 0 aliphatic carbocycles. The third kappa shape index (κ3) is 5.30. The molecule has 2 aromatic heterocycles. The van der Waals surface area contributed by atoms with Gasteiger partial charge in [0.25, 0.3) is 0 Å². The van der Waals surface area contributed by atoms with E-state index in [1.54, 1.807) is 12.4 Å². The molecule has 0 bridgehead atoms. The Morgan fingerprint density at radius 1 is 0.921 bits per heavy atom. The third-order valence-electron chi connectivity index (χ3n) is 8.14. The number of hydrogen-bond acceptors (Lipinski definition) is 5. The van der Waals surface area contributed by atoms with Gasteiger partial charge >= 0.3 is 0 Å². The predicted molar refractivity (Wildman–Crippen MR) is 150 cm³/mol. The van der Waals surface area contributed by atoms with Crippen LogP contribution in [0, 0.1) is 0 Å². The highest BCUT2D eigenvalue weighted by molar-refractivity contribution is 5.86. The summed E-state index contributed by atoms with van der Waals surface area (Å²) in [6.45, 7) is 6.61. The number of aromatic amines is 1. The standard InChI is InChI=1S/C31H35N5O2/c37-30(36-17-15-35(16-18-36)21-23-5-2-1-3-6-23)22-34-13-10-24(11-14-34)26-7-4-8-27(31(26)38)28-19-25-9-12-32-20-29(25)33-28/h1-9,12,19-20,24,33,38H,10-11,13-18,21-22H2. The Morgan fingerprint density at radius 3 is 2.47 bits per heavy atom. The molecule has 0 spiro atoms. The van der Waals surface area contributed by atoms with Crippen LogP contribution in [0.1, 0.15) is 29.9 Å². The van der Waals surface area contributed by atoms with Gasteiger partial charge in [-0.2, -0.15) is 0 Å². The molecule has 2 saturated heterocycles. The Kier molecular flexibility index (Phi) is 7.12. The number of amides is 1. The minimum absolute atomic E-state index is 0.237. The fourth-order valence-corrected chi connectivity index (χ4v) is 5.92. The van der Waals surface area contributed by atoms with E-state index in [1.807, 2.05) is 35.2 Å². The number of hydrogen-bond donors (Lipinski definition) is 2. The summed E-state index contributed by atoms with van der Waals surface area (Å²) in [6, 6.07) is 20.6. The summed E-state index contributed by atoms with van der Waals surface area (Å²) < 4.78 is 0. The van der Waals surface area contributed by atoms with Crippen molar-refractivity contribution >= 4 is 16.8 Å². The number of fused-ring (bicyclic) bond motifs is 1. The first-order valence-corrected chi connectivity index (χ1v) is 13.7. The number of carbonyl (C=O) groups excluding carboxylic acids is 1. The number of likely N-dealkylation sites (tertiary alicyclic amines) is 1. The number of phenols is 1. The van der Waals surface area contributed by atoms with Gasteiger partial charge in [0.15, 0.2) is 0 Å². The van der Waals surface area contributed by atoms with E-state index in [4.69, 9.17) is 0 Å². The van der Waals surface area contributed by atoms with Crippen molar-refractivity contribution in [2.75, 3.05) is 45.8 Å². The lowest BCUT2D eigenvalue weighted by molar-refractivity contribution is -0.134. The molecule has 2 N–H and O–H groups in total. The van der Waals surface area contributed by atoms with Crippen molar-refractivity contribution in [3.8, 4) is 17.0 Å². The molecule has 0 unspecified atom stereocenters. The van der Waals surface area contributed by atoms with Crippen LogP contribution in [-0.2, 0) is 11.3 Å². The molecular weight excluding hydrogens is 474 g/mol. The van der Waals surface area contributed by atoms with Crippen molar-refractivity contribution in [1.29, 1.82) is 0 Å². The Morgan fingerprint density at radius 2 is 1.71 bits per heavy atom. The molecule has 2 fully saturated rings. The maximum atomic E-state index is 13.0. The minimum Gasteiger partial charge on any atom is -0.507 e. The molecule has 2 aliphatic rings. The maximum absolute atomic E-state index is 13.0. The number of aromatic nitrogens is 2. The van der Waals surface area contributed by atoms with Crippen LogP contribution in [0.15, 0.2) is 73.1 Å². The fraction of sp³-hybridized carbons (Fsp3) is 0.355. The SMILES string of the molecule is O=C(CN1CCC(c2cccc(-c3cc4ccncc4[nH]3)c2O)CC1)N1CCN(Cc2ccccc2)CC1. The zero-order valence-corrected chi connectivity index (χ0v) is 21.7. The second-order valence-corrected chi connectivity index (χ2v) is 10.6. The van der Waals surface area contributed by atoms with Crippen LogP contribution in [0.3, 0.4) is 0 Å². The molecule has 4 heterocycles. The lowest BCUT2D eigenvalue weighted by Crippen LogP contribution is -2.51. The van der Waals surface area contributed by atoms with E-state index >= 15 is 0 Å². The molecule has 2 aromatic carbocycles. The molecular formula is C31H35N5O2. The van der Waals surface area contributed by atoms with Crippen molar-refractivity contribution in [3.63, 3.8) is 0 Å². The molecule has 0 atom stereocenters. The summed E-state index contributed by atoms with van der Waals surface area (Å²) >= 11 is 0. The van der Waals surface area contributed by atoms with Gasteiger partial charge in [0.1, 0.15) is 5.75 Å². The number of pyridine rings is 1. The largest absolute Gasteiger partial charge is 0.507 e. The van der Waals surface area contributed by atoms with Crippen molar-refractivity contribution in [3.05, 3.63) is 84.2 Å². The number of para-hydroxylation sites is 1. The number of piperazine rings is 1. The number of nitrogens with zero attached hydrogens (tertiary/aromatic N) is 4. The molecule has 6 rings (SSSR count). The van der Waals surface area contributed by atoms with Crippen molar-refractivity contribution in [2.24, 2.45) is 0 Å². The second kappa shape index (κ2) is 11.0. The summed E-state index contributed by atoms with van der Waals surface area (Å²) in [4.78, 5) is 27.3. The van der Waals surface area contributed by atoms with Gasteiger partial charge in [-0.25, -0.2) is 0 Å². The van der Waals surface area contributed by atoms with Crippen LogP contribution < -0.4 is 0 Å². The van der Waals surface area contributed by atoms with Crippen molar-refractivity contribution < 1.29 is 9.90 Å². The molecule has 4 aromatic rings. The van der Waals surface area contributed by atoms with Gasteiger partial charge < -0.3 is 15.0 Å². The van der Waals surface area contributed by atoms with Crippen LogP contribution in [0.2, 0.25) is 0 Å². The Bertz CT molecular complexity index is 1350. The Hall–Kier alpha value is -3.68. The van der Waals surface area contributed by atoms with Gasteiger partial charge in [-0.3, -0.25) is 19.6 Å². The smallest absolute Gasteiger partial charge is 0.236 e. The van der Waals surface area contributed by atoms with E-state index in [2.05, 4.69) is 50.1 Å². The van der Waals surface area contributed by atoms with E-state index < -0.39 is 0 Å². The molecule has 0 saturated carbocycles. The normalized spacial score (nSPS) is 17.7. The van der Waals surface area contributed by atoms with Crippen LogP contribution >= 0.6 is 0 Å². The number of H-pyrrole nitrogens is 1. The molecule has 7 heteroatoms. The average molecular weight is 510 g/mol. The van der Waals surface area contributed by atoms with Gasteiger partial charge in [0, 0.05) is 49.9 Å². The van der Waals surface area contributed by atoms with Crippen LogP contribution in [0.4, 0.5) is 0 Å². The predicted octanol–water partition coefficient (Wildman–Crippen LogP) is 4.46. The van der Waals surface area contributed by atoms with E-state index in [0.29, 0.717) is 12.3 Å². The van der Waals surface area contributed by atoms with Crippen LogP contribution in [-0.4, -0.2) is 81.5 Å². The van der Waals surface area contributed by atoms with E-state index in [1.165, 1.54) is 5.56 Å². The second-order valence-electron chi connectivity index (χ2n) is 10.6. The summed E-state index contributed by atoms with van der Waals surface area (Å²) in [5, 5.41) is 12.3. The third-order valence-corrected chi connectivity index (χ3v) is 8.14. The van der Waals surface area contributed by atoms with E-state index in [-0.39, 0.29) is 11.8 Å². The monoisotopic (exact) mass is 509 g/mol. The Labute approximate surface area is 223 Å². The summed E-state index contributed by atoms with van der Waals surface area (Å²) in [7, 11) is 0. The summed E-state index contributed by atoms with van der Waals surface area (Å²) in [6.07, 6.45) is 5.46. The molecule has 2 aliphatic heterocycles. The maximum Gasteiger partial charge on any atom is 0.236 e. The molecule has 1 amide bonds. The number of aromatic hydroxyl groups is 1. The fourth-order valence-electron chi connectivity index (χ4n) is 5.92. The minimum atomic E-state index is 0.237. The highest BCUT2D eigenvalue weighted by atomic mass is 16.3. The summed E-state index contributed by atoms with van der Waals surface area (Å²) in [5.41, 5.74) is 5.01. The van der Waals surface area contributed by atoms with Gasteiger partial charge in [-0.15, -0.1) is 0 Å². The van der Waals surface area contributed by atoms with Gasteiger partial charge in [0.05, 0.1) is 24.0 Å². The molecule has 0 radical (unpaired) electrons. The molecule has 38 heavy (non-hydrogen) atoms. The number of piperidine rings is 1. The van der Waals surface area contributed by atoms with Gasteiger partial charge in [-0.1, -0.05) is 42.5 Å². The lowest BCUT2D eigenvalue weighted by atomic mass is 9.87. The molecule has 7 nitrogen and oxygen atoms in total. The highest BCUT2D eigenvalue weighted by Gasteiger charge is 2.27. The lowest BCUT2D eigenvalue weighted by Gasteiger charge is -2.37. The zero-order valence-electron chi connectivity index (χ0n) is 21.7. The van der Waals surface area contributed by atoms with Crippen molar-refractivity contribution in [2.45, 2.75) is 25.3 Å². The Balaban J connectivity index is 1.02.